The van der Waals surface area contributed by atoms with Crippen molar-refractivity contribution in [2.24, 2.45) is 0 Å². The minimum Gasteiger partial charge on any atom is -0.495 e. The average Bonchev–Trinajstić information content (AvgIpc) is 2.38. The van der Waals surface area contributed by atoms with E-state index in [1.807, 2.05) is 0 Å². The molecule has 0 aliphatic rings. The smallest absolute Gasteiger partial charge is 0.335 e. The highest BCUT2D eigenvalue weighted by Crippen LogP contribution is 2.29. The predicted molar refractivity (Wildman–Crippen MR) is 71.9 cm³/mol. The van der Waals surface area contributed by atoms with Crippen molar-refractivity contribution in [1.29, 1.82) is 0 Å². The molecule has 0 fully saturated rings. The second-order valence-corrected chi connectivity index (χ2v) is 3.78. The van der Waals surface area contributed by atoms with E-state index in [1.54, 1.807) is 0 Å². The van der Waals surface area contributed by atoms with Gasteiger partial charge in [-0.15, -0.1) is 0 Å². The number of hydrogen-bond acceptors (Lipinski definition) is 4. The van der Waals surface area contributed by atoms with E-state index in [4.69, 9.17) is 14.6 Å². The van der Waals surface area contributed by atoms with Gasteiger partial charge in [0.05, 0.1) is 19.8 Å². The summed E-state index contributed by atoms with van der Waals surface area (Å²) in [7, 11) is 2.92. The van der Waals surface area contributed by atoms with Crippen LogP contribution in [0.1, 0.15) is 22.3 Å². The van der Waals surface area contributed by atoms with Gasteiger partial charge in [-0.1, -0.05) is 11.8 Å². The van der Waals surface area contributed by atoms with E-state index in [9.17, 15) is 4.79 Å². The molecule has 0 aliphatic heterocycles. The number of thiol groups is 1. The molecular weight excluding hydrogens is 252 g/mol. The summed E-state index contributed by atoms with van der Waals surface area (Å²) in [4.78, 5) is 11.0. The first kappa shape index (κ1) is 14.3. The van der Waals surface area contributed by atoms with Crippen LogP contribution in [0.2, 0.25) is 0 Å². The molecule has 1 rings (SSSR count). The third-order valence-corrected chi connectivity index (χ3v) is 2.43. The van der Waals surface area contributed by atoms with Crippen LogP contribution in [0.25, 0.3) is 0 Å². The number of ether oxygens (including phenoxy) is 2. The summed E-state index contributed by atoms with van der Waals surface area (Å²) >= 11 is 4.07. The third kappa shape index (κ3) is 3.34. The summed E-state index contributed by atoms with van der Waals surface area (Å²) < 4.78 is 10.3. The summed E-state index contributed by atoms with van der Waals surface area (Å²) in [6.07, 6.45) is 0.635. The first-order valence-electron chi connectivity index (χ1n) is 5.23. The molecule has 0 unspecified atom stereocenters. The predicted octanol–water partition coefficient (Wildman–Crippen LogP) is 2.07. The Balaban J connectivity index is 3.31. The molecule has 0 aromatic heterocycles. The van der Waals surface area contributed by atoms with Crippen LogP contribution in [-0.4, -0.2) is 31.0 Å². The van der Waals surface area contributed by atoms with Crippen LogP contribution in [0.3, 0.4) is 0 Å². The van der Waals surface area contributed by atoms with Gasteiger partial charge in [0.2, 0.25) is 0 Å². The summed E-state index contributed by atoms with van der Waals surface area (Å²) in [5, 5.41) is 8.97. The third-order valence-electron chi connectivity index (χ3n) is 2.20. The van der Waals surface area contributed by atoms with Crippen molar-refractivity contribution in [3.05, 3.63) is 23.3 Å². The van der Waals surface area contributed by atoms with Crippen molar-refractivity contribution in [1.82, 2.24) is 0 Å². The maximum absolute atomic E-state index is 11.0. The number of carbonyl (C=O) groups is 1. The zero-order valence-corrected chi connectivity index (χ0v) is 11.1. The van der Waals surface area contributed by atoms with Crippen molar-refractivity contribution in [3.63, 3.8) is 0 Å². The summed E-state index contributed by atoms with van der Waals surface area (Å²) in [6.45, 7) is 0. The zero-order chi connectivity index (χ0) is 13.5. The molecule has 0 bridgehead atoms. The van der Waals surface area contributed by atoms with Crippen molar-refractivity contribution >= 4 is 18.6 Å². The van der Waals surface area contributed by atoms with E-state index in [-0.39, 0.29) is 5.56 Å². The maximum Gasteiger partial charge on any atom is 0.335 e. The number of benzene rings is 1. The number of hydrogen-bond donors (Lipinski definition) is 2. The fourth-order valence-electron chi connectivity index (χ4n) is 1.37. The van der Waals surface area contributed by atoms with Crippen LogP contribution in [0.5, 0.6) is 11.5 Å². The molecule has 0 saturated carbocycles. The van der Waals surface area contributed by atoms with Crippen LogP contribution in [0.15, 0.2) is 12.1 Å². The molecule has 0 saturated heterocycles. The Morgan fingerprint density at radius 1 is 1.33 bits per heavy atom. The normalized spacial score (nSPS) is 9.28. The van der Waals surface area contributed by atoms with Crippen LogP contribution in [-0.2, 0) is 0 Å². The number of methoxy groups -OCH3 is 2. The maximum atomic E-state index is 11.0. The van der Waals surface area contributed by atoms with Crippen LogP contribution in [0, 0.1) is 11.8 Å². The van der Waals surface area contributed by atoms with Gasteiger partial charge < -0.3 is 14.6 Å². The minimum atomic E-state index is -1.04. The minimum absolute atomic E-state index is 0.100. The van der Waals surface area contributed by atoms with Crippen LogP contribution in [0.4, 0.5) is 0 Å². The van der Waals surface area contributed by atoms with Gasteiger partial charge in [0.15, 0.2) is 0 Å². The number of carboxylic acid groups (broad SMARTS) is 1. The second-order valence-electron chi connectivity index (χ2n) is 3.34. The Hall–Kier alpha value is -1.80. The quantitative estimate of drug-likeness (QED) is 0.647. The molecule has 0 aliphatic carbocycles. The van der Waals surface area contributed by atoms with E-state index >= 15 is 0 Å². The number of carboxylic acids is 1. The van der Waals surface area contributed by atoms with Crippen LogP contribution < -0.4 is 9.47 Å². The Bertz CT molecular complexity index is 474. The molecule has 0 radical (unpaired) electrons. The average molecular weight is 266 g/mol. The lowest BCUT2D eigenvalue weighted by Gasteiger charge is -2.10. The van der Waals surface area contributed by atoms with Gasteiger partial charge in [0.1, 0.15) is 17.1 Å². The molecule has 1 aromatic rings. The lowest BCUT2D eigenvalue weighted by atomic mass is 10.1. The van der Waals surface area contributed by atoms with Gasteiger partial charge in [0.25, 0.3) is 0 Å². The molecule has 0 amide bonds. The first-order valence-corrected chi connectivity index (χ1v) is 5.86. The SMILES string of the molecule is COc1cc(C(=O)O)cc(OC)c1C#CCCS. The van der Waals surface area contributed by atoms with E-state index in [0.29, 0.717) is 29.2 Å². The van der Waals surface area contributed by atoms with Crippen molar-refractivity contribution in [2.75, 3.05) is 20.0 Å². The lowest BCUT2D eigenvalue weighted by Crippen LogP contribution is -2.01. The van der Waals surface area contributed by atoms with Crippen LogP contribution >= 0.6 is 12.6 Å². The number of aromatic carboxylic acids is 1. The van der Waals surface area contributed by atoms with Gasteiger partial charge in [-0.3, -0.25) is 0 Å². The molecule has 4 nitrogen and oxygen atoms in total. The van der Waals surface area contributed by atoms with Crippen molar-refractivity contribution in [2.45, 2.75) is 6.42 Å². The molecule has 0 atom stereocenters. The molecule has 1 aromatic carbocycles. The van der Waals surface area contributed by atoms with E-state index < -0.39 is 5.97 Å². The molecule has 0 heterocycles. The highest BCUT2D eigenvalue weighted by Gasteiger charge is 2.14. The van der Waals surface area contributed by atoms with E-state index in [1.165, 1.54) is 26.4 Å². The van der Waals surface area contributed by atoms with Gasteiger partial charge in [-0.25, -0.2) is 4.79 Å². The fraction of sp³-hybridized carbons (Fsp3) is 0.308. The van der Waals surface area contributed by atoms with Gasteiger partial charge >= 0.3 is 5.97 Å². The topological polar surface area (TPSA) is 55.8 Å². The Morgan fingerprint density at radius 3 is 2.28 bits per heavy atom. The summed E-state index contributed by atoms with van der Waals surface area (Å²) in [5.41, 5.74) is 0.648. The van der Waals surface area contributed by atoms with Gasteiger partial charge in [-0.05, 0) is 12.1 Å². The monoisotopic (exact) mass is 266 g/mol. The van der Waals surface area contributed by atoms with E-state index in [2.05, 4.69) is 24.5 Å². The Kier molecular flexibility index (Phi) is 5.40. The van der Waals surface area contributed by atoms with Crippen molar-refractivity contribution < 1.29 is 19.4 Å². The van der Waals surface area contributed by atoms with Gasteiger partial charge in [-0.2, -0.15) is 12.6 Å². The number of rotatable bonds is 4. The zero-order valence-electron chi connectivity index (χ0n) is 10.2. The van der Waals surface area contributed by atoms with E-state index in [0.717, 1.165) is 0 Å². The molecular formula is C13H14O4S. The standard InChI is InChI=1S/C13H14O4S/c1-16-11-7-9(13(14)15)8-12(17-2)10(11)5-3-4-6-18/h7-8,18H,4,6H2,1-2H3,(H,14,15). The Labute approximate surface area is 111 Å². The molecule has 96 valence electrons. The lowest BCUT2D eigenvalue weighted by molar-refractivity contribution is 0.0696. The summed E-state index contributed by atoms with van der Waals surface area (Å²) in [5.74, 6) is 6.22. The van der Waals surface area contributed by atoms with Crippen molar-refractivity contribution in [3.8, 4) is 23.3 Å². The second kappa shape index (κ2) is 6.82. The Morgan fingerprint density at radius 2 is 1.89 bits per heavy atom. The molecule has 0 spiro atoms. The fourth-order valence-corrected chi connectivity index (χ4v) is 1.48. The highest BCUT2D eigenvalue weighted by atomic mass is 32.1. The van der Waals surface area contributed by atoms with Gasteiger partial charge in [0, 0.05) is 12.2 Å². The molecule has 18 heavy (non-hydrogen) atoms. The summed E-state index contributed by atoms with van der Waals surface area (Å²) in [6, 6.07) is 2.85. The molecule has 1 N–H and O–H groups in total. The molecule has 5 heteroatoms. The highest BCUT2D eigenvalue weighted by molar-refractivity contribution is 7.80. The first-order chi connectivity index (χ1) is 8.63. The largest absolute Gasteiger partial charge is 0.495 e.